The first-order valence-electron chi connectivity index (χ1n) is 6.33. The molecular formula is C14H17N5. The Morgan fingerprint density at radius 3 is 2.79 bits per heavy atom. The van der Waals surface area contributed by atoms with E-state index in [1.54, 1.807) is 0 Å². The van der Waals surface area contributed by atoms with Crippen molar-refractivity contribution in [2.75, 3.05) is 7.05 Å². The molecule has 0 spiro atoms. The Bertz CT molecular complexity index is 649. The maximum Gasteiger partial charge on any atom is 0.121 e. The molecule has 5 heteroatoms. The van der Waals surface area contributed by atoms with Crippen LogP contribution in [-0.2, 0) is 13.1 Å². The van der Waals surface area contributed by atoms with E-state index >= 15 is 0 Å². The summed E-state index contributed by atoms with van der Waals surface area (Å²) in [4.78, 5) is 10.1. The summed E-state index contributed by atoms with van der Waals surface area (Å²) >= 11 is 0. The smallest absolute Gasteiger partial charge is 0.121 e. The zero-order chi connectivity index (χ0) is 13.2. The average Bonchev–Trinajstić information content (AvgIpc) is 2.95. The number of H-pyrrole nitrogens is 2. The van der Waals surface area contributed by atoms with Crippen LogP contribution in [0, 0.1) is 6.92 Å². The lowest BCUT2D eigenvalue weighted by Crippen LogP contribution is -2.18. The molecule has 0 saturated heterocycles. The Morgan fingerprint density at radius 2 is 2.05 bits per heavy atom. The fraction of sp³-hybridized carbons (Fsp3) is 0.286. The van der Waals surface area contributed by atoms with Gasteiger partial charge in [-0.15, -0.1) is 0 Å². The summed E-state index contributed by atoms with van der Waals surface area (Å²) in [5, 5.41) is 7.00. The highest BCUT2D eigenvalue weighted by Gasteiger charge is 2.08. The number of imidazole rings is 1. The van der Waals surface area contributed by atoms with Gasteiger partial charge >= 0.3 is 0 Å². The van der Waals surface area contributed by atoms with E-state index < -0.39 is 0 Å². The minimum absolute atomic E-state index is 0.791. The molecule has 0 bridgehead atoms. The lowest BCUT2D eigenvalue weighted by atomic mass is 10.2. The van der Waals surface area contributed by atoms with Gasteiger partial charge in [0.1, 0.15) is 5.82 Å². The highest BCUT2D eigenvalue weighted by Crippen LogP contribution is 2.13. The summed E-state index contributed by atoms with van der Waals surface area (Å²) in [5.74, 6) is 0.991. The molecular weight excluding hydrogens is 238 g/mol. The third kappa shape index (κ3) is 2.51. The van der Waals surface area contributed by atoms with Gasteiger partial charge in [0, 0.05) is 17.8 Å². The number of aryl methyl sites for hydroxylation is 1. The fourth-order valence-corrected chi connectivity index (χ4v) is 2.22. The second-order valence-electron chi connectivity index (χ2n) is 4.89. The van der Waals surface area contributed by atoms with Gasteiger partial charge in [0.05, 0.1) is 23.8 Å². The molecule has 0 aliphatic rings. The Morgan fingerprint density at radius 1 is 1.21 bits per heavy atom. The van der Waals surface area contributed by atoms with Crippen LogP contribution in [0.1, 0.15) is 17.1 Å². The van der Waals surface area contributed by atoms with Crippen molar-refractivity contribution in [1.82, 2.24) is 25.1 Å². The predicted molar refractivity (Wildman–Crippen MR) is 74.6 cm³/mol. The Labute approximate surface area is 111 Å². The van der Waals surface area contributed by atoms with Gasteiger partial charge in [-0.25, -0.2) is 4.98 Å². The lowest BCUT2D eigenvalue weighted by molar-refractivity contribution is 0.311. The normalized spacial score (nSPS) is 11.5. The number of hydrogen-bond donors (Lipinski definition) is 2. The molecule has 2 N–H and O–H groups in total. The standard InChI is InChI=1S/C14H17N5/c1-10-11(7-15-18-10)8-19(2)9-14-16-12-5-3-4-6-13(12)17-14/h3-7H,8-9H2,1-2H3,(H,15,18)(H,16,17). The van der Waals surface area contributed by atoms with E-state index in [0.29, 0.717) is 0 Å². The molecule has 2 heterocycles. The van der Waals surface area contributed by atoms with Crippen molar-refractivity contribution in [2.45, 2.75) is 20.0 Å². The van der Waals surface area contributed by atoms with E-state index in [2.05, 4.69) is 32.1 Å². The zero-order valence-corrected chi connectivity index (χ0v) is 11.1. The quantitative estimate of drug-likeness (QED) is 0.751. The van der Waals surface area contributed by atoms with Crippen LogP contribution in [-0.4, -0.2) is 32.1 Å². The second kappa shape index (κ2) is 4.85. The molecule has 0 saturated carbocycles. The van der Waals surface area contributed by atoms with Gasteiger partial charge in [0.15, 0.2) is 0 Å². The average molecular weight is 255 g/mol. The molecule has 3 aromatic rings. The molecule has 3 rings (SSSR count). The minimum atomic E-state index is 0.791. The second-order valence-corrected chi connectivity index (χ2v) is 4.89. The van der Waals surface area contributed by atoms with Crippen LogP contribution in [0.2, 0.25) is 0 Å². The lowest BCUT2D eigenvalue weighted by Gasteiger charge is -2.14. The molecule has 0 aliphatic carbocycles. The van der Waals surface area contributed by atoms with Crippen molar-refractivity contribution in [1.29, 1.82) is 0 Å². The summed E-state index contributed by atoms with van der Waals surface area (Å²) in [6.07, 6.45) is 1.88. The molecule has 0 atom stereocenters. The molecule has 2 aromatic heterocycles. The first-order chi connectivity index (χ1) is 9.22. The maximum atomic E-state index is 4.58. The molecule has 98 valence electrons. The van der Waals surface area contributed by atoms with Crippen LogP contribution < -0.4 is 0 Å². The van der Waals surface area contributed by atoms with Gasteiger partial charge in [-0.1, -0.05) is 12.1 Å². The summed E-state index contributed by atoms with van der Waals surface area (Å²) in [6, 6.07) is 8.09. The van der Waals surface area contributed by atoms with E-state index in [-0.39, 0.29) is 0 Å². The van der Waals surface area contributed by atoms with Gasteiger partial charge in [0.2, 0.25) is 0 Å². The number of hydrogen-bond acceptors (Lipinski definition) is 3. The summed E-state index contributed by atoms with van der Waals surface area (Å²) in [7, 11) is 2.08. The van der Waals surface area contributed by atoms with Gasteiger partial charge < -0.3 is 4.98 Å². The number of benzene rings is 1. The molecule has 5 nitrogen and oxygen atoms in total. The highest BCUT2D eigenvalue weighted by molar-refractivity contribution is 5.74. The Kier molecular flexibility index (Phi) is 3.05. The fourth-order valence-electron chi connectivity index (χ4n) is 2.22. The van der Waals surface area contributed by atoms with E-state index in [9.17, 15) is 0 Å². The molecule has 0 unspecified atom stereocenters. The van der Waals surface area contributed by atoms with Crippen molar-refractivity contribution in [3.8, 4) is 0 Å². The molecule has 1 aromatic carbocycles. The summed E-state index contributed by atoms with van der Waals surface area (Å²) in [6.45, 7) is 3.69. The van der Waals surface area contributed by atoms with E-state index in [1.807, 2.05) is 37.4 Å². The van der Waals surface area contributed by atoms with Gasteiger partial charge in [-0.05, 0) is 26.1 Å². The monoisotopic (exact) mass is 255 g/mol. The van der Waals surface area contributed by atoms with E-state index in [4.69, 9.17) is 0 Å². The molecule has 0 radical (unpaired) electrons. The molecule has 0 aliphatic heterocycles. The topological polar surface area (TPSA) is 60.6 Å². The first kappa shape index (κ1) is 11.9. The number of aromatic nitrogens is 4. The Balaban J connectivity index is 1.72. The van der Waals surface area contributed by atoms with Crippen LogP contribution >= 0.6 is 0 Å². The van der Waals surface area contributed by atoms with Gasteiger partial charge in [-0.3, -0.25) is 10.00 Å². The van der Waals surface area contributed by atoms with Crippen molar-refractivity contribution in [3.05, 3.63) is 47.5 Å². The third-order valence-electron chi connectivity index (χ3n) is 3.23. The number of aromatic amines is 2. The molecule has 0 fully saturated rings. The van der Waals surface area contributed by atoms with E-state index in [0.717, 1.165) is 35.6 Å². The first-order valence-corrected chi connectivity index (χ1v) is 6.33. The summed E-state index contributed by atoms with van der Waals surface area (Å²) in [5.41, 5.74) is 4.45. The predicted octanol–water partition coefficient (Wildman–Crippen LogP) is 2.23. The maximum absolute atomic E-state index is 4.58. The van der Waals surface area contributed by atoms with Crippen molar-refractivity contribution >= 4 is 11.0 Å². The van der Waals surface area contributed by atoms with E-state index in [1.165, 1.54) is 5.56 Å². The third-order valence-corrected chi connectivity index (χ3v) is 3.23. The SMILES string of the molecule is Cc1[nH]ncc1CN(C)Cc1nc2ccccc2[nH]1. The largest absolute Gasteiger partial charge is 0.341 e. The molecule has 0 amide bonds. The number of rotatable bonds is 4. The number of para-hydroxylation sites is 2. The van der Waals surface area contributed by atoms with Crippen LogP contribution in [0.15, 0.2) is 30.5 Å². The van der Waals surface area contributed by atoms with Crippen LogP contribution in [0.25, 0.3) is 11.0 Å². The van der Waals surface area contributed by atoms with Crippen molar-refractivity contribution in [3.63, 3.8) is 0 Å². The Hall–Kier alpha value is -2.14. The number of nitrogens with one attached hydrogen (secondary N) is 2. The van der Waals surface area contributed by atoms with Gasteiger partial charge in [0.25, 0.3) is 0 Å². The van der Waals surface area contributed by atoms with Gasteiger partial charge in [-0.2, -0.15) is 5.10 Å². The number of fused-ring (bicyclic) bond motifs is 1. The highest BCUT2D eigenvalue weighted by atomic mass is 15.1. The van der Waals surface area contributed by atoms with Crippen molar-refractivity contribution < 1.29 is 0 Å². The van der Waals surface area contributed by atoms with Crippen LogP contribution in [0.4, 0.5) is 0 Å². The minimum Gasteiger partial charge on any atom is -0.341 e. The summed E-state index contributed by atoms with van der Waals surface area (Å²) < 4.78 is 0. The van der Waals surface area contributed by atoms with Crippen LogP contribution in [0.3, 0.4) is 0 Å². The zero-order valence-electron chi connectivity index (χ0n) is 11.1. The molecule has 19 heavy (non-hydrogen) atoms. The van der Waals surface area contributed by atoms with Crippen molar-refractivity contribution in [2.24, 2.45) is 0 Å². The van der Waals surface area contributed by atoms with Crippen LogP contribution in [0.5, 0.6) is 0 Å². The number of nitrogens with zero attached hydrogens (tertiary/aromatic N) is 3.